The predicted octanol–water partition coefficient (Wildman–Crippen LogP) is 11.2. The van der Waals surface area contributed by atoms with Crippen LogP contribution in [0.25, 0.3) is 0 Å². The van der Waals surface area contributed by atoms with Gasteiger partial charge in [0.2, 0.25) is 0 Å². The minimum atomic E-state index is -3.41. The van der Waals surface area contributed by atoms with Crippen LogP contribution in [0.5, 0.6) is 0 Å². The summed E-state index contributed by atoms with van der Waals surface area (Å²) in [5, 5.41) is 0. The van der Waals surface area contributed by atoms with E-state index in [1.54, 1.807) is 0 Å². The molecule has 9 heteroatoms. The number of hydrogen-bond acceptors (Lipinski definition) is 8. The third-order valence-corrected chi connectivity index (χ3v) is 13.4. The Balaban J connectivity index is 1.19. The maximum absolute atomic E-state index is 12.7. The van der Waals surface area contributed by atoms with Crippen molar-refractivity contribution in [3.05, 3.63) is 0 Å². The lowest BCUT2D eigenvalue weighted by Crippen LogP contribution is -2.47. The van der Waals surface area contributed by atoms with Gasteiger partial charge in [-0.25, -0.2) is 0 Å². The van der Waals surface area contributed by atoms with Crippen LogP contribution in [0.4, 0.5) is 0 Å². The molecule has 0 spiro atoms. The molecule has 0 heterocycles. The molecular weight excluding hydrogens is 699 g/mol. The molecule has 4 rings (SSSR count). The van der Waals surface area contributed by atoms with Crippen molar-refractivity contribution < 1.29 is 31.7 Å². The van der Waals surface area contributed by atoms with Crippen molar-refractivity contribution in [3.8, 4) is 0 Å². The van der Waals surface area contributed by atoms with Gasteiger partial charge in [0.1, 0.15) is 0 Å². The normalized spacial score (nSPS) is 22.1. The van der Waals surface area contributed by atoms with E-state index in [-0.39, 0.29) is 24.0 Å². The number of hydrogen-bond donors (Lipinski definition) is 0. The van der Waals surface area contributed by atoms with Gasteiger partial charge >= 0.3 is 11.9 Å². The van der Waals surface area contributed by atoms with Crippen LogP contribution < -0.4 is 0 Å². The van der Waals surface area contributed by atoms with E-state index in [0.717, 1.165) is 101 Å². The first-order valence-corrected chi connectivity index (χ1v) is 24.8. The van der Waals surface area contributed by atoms with Gasteiger partial charge in [-0.3, -0.25) is 13.8 Å². The fourth-order valence-electron chi connectivity index (χ4n) is 10.4. The van der Waals surface area contributed by atoms with E-state index in [1.165, 1.54) is 109 Å². The van der Waals surface area contributed by atoms with Gasteiger partial charge in [-0.1, -0.05) is 110 Å². The summed E-state index contributed by atoms with van der Waals surface area (Å²) in [5.74, 6) is 3.32. The summed E-state index contributed by atoms with van der Waals surface area (Å²) in [5.41, 5.74) is 0.266. The summed E-state index contributed by atoms with van der Waals surface area (Å²) < 4.78 is 39.1. The molecule has 54 heavy (non-hydrogen) atoms. The second kappa shape index (κ2) is 27.4. The van der Waals surface area contributed by atoms with Gasteiger partial charge in [0.25, 0.3) is 10.1 Å². The molecule has 0 aromatic carbocycles. The highest BCUT2D eigenvalue weighted by Gasteiger charge is 2.51. The number of esters is 2. The largest absolute Gasteiger partial charge is 0.466 e. The summed E-state index contributed by atoms with van der Waals surface area (Å²) in [7, 11) is -3.41. The highest BCUT2D eigenvalue weighted by molar-refractivity contribution is 7.85. The quantitative estimate of drug-likeness (QED) is 0.0356. The Labute approximate surface area is 332 Å². The maximum Gasteiger partial charge on any atom is 0.306 e. The summed E-state index contributed by atoms with van der Waals surface area (Å²) in [6, 6.07) is 0. The Bertz CT molecular complexity index is 1070. The van der Waals surface area contributed by atoms with Crippen molar-refractivity contribution in [2.24, 2.45) is 29.1 Å². The first-order valence-electron chi connectivity index (χ1n) is 23.0. The molecule has 8 nitrogen and oxygen atoms in total. The van der Waals surface area contributed by atoms with Crippen LogP contribution in [0.1, 0.15) is 200 Å². The summed E-state index contributed by atoms with van der Waals surface area (Å²) in [4.78, 5) is 27.5. The Kier molecular flexibility index (Phi) is 24.0. The molecule has 4 fully saturated rings. The van der Waals surface area contributed by atoms with Gasteiger partial charge in [-0.15, -0.1) is 0 Å². The number of carbonyl (C=O) groups is 2. The van der Waals surface area contributed by atoms with Crippen molar-refractivity contribution in [1.29, 1.82) is 0 Å². The summed E-state index contributed by atoms with van der Waals surface area (Å²) >= 11 is 0. The maximum atomic E-state index is 12.7. The number of unbranched alkanes of at least 4 members (excludes halogenated alkanes) is 13. The predicted molar refractivity (Wildman–Crippen MR) is 221 cm³/mol. The van der Waals surface area contributed by atoms with Crippen molar-refractivity contribution in [1.82, 2.24) is 4.90 Å². The van der Waals surface area contributed by atoms with Gasteiger partial charge in [0, 0.05) is 13.0 Å². The van der Waals surface area contributed by atoms with Crippen LogP contribution in [-0.2, 0) is 33.4 Å². The molecule has 316 valence electrons. The lowest BCUT2D eigenvalue weighted by atomic mass is 9.49. The van der Waals surface area contributed by atoms with E-state index >= 15 is 0 Å². The fraction of sp³-hybridized carbons (Fsp3) is 0.956. The van der Waals surface area contributed by atoms with E-state index in [9.17, 15) is 18.0 Å². The molecule has 0 aromatic rings. The standard InChI is InChI=1S/C45H83NO7S/c1-4-6-15-22-39(23-16-7-5-2)25-31-52-43(47)24-17-11-10-13-19-27-46(28-21-30-53-54(3,49)50)26-18-12-8-9-14-20-29-51-44(48)38-45-35-40-32-41(36-45)34-42(33-40)37-45/h39-42H,4-38H2,1-3H3. The third-order valence-electron chi connectivity index (χ3n) is 12.8. The van der Waals surface area contributed by atoms with Crippen molar-refractivity contribution in [3.63, 3.8) is 0 Å². The number of carbonyl (C=O) groups excluding carboxylic acids is 2. The molecule has 4 saturated carbocycles. The smallest absolute Gasteiger partial charge is 0.306 e. The second-order valence-corrected chi connectivity index (χ2v) is 19.7. The molecule has 0 aliphatic heterocycles. The number of nitrogens with zero attached hydrogens (tertiary/aromatic N) is 1. The van der Waals surface area contributed by atoms with Crippen LogP contribution in [-0.4, -0.2) is 71.0 Å². The van der Waals surface area contributed by atoms with Crippen LogP contribution in [0.15, 0.2) is 0 Å². The fourth-order valence-corrected chi connectivity index (χ4v) is 10.8. The molecule has 4 aliphatic carbocycles. The molecule has 0 radical (unpaired) electrons. The van der Waals surface area contributed by atoms with Gasteiger partial charge in [-0.05, 0) is 119 Å². The van der Waals surface area contributed by atoms with Gasteiger partial charge in [-0.2, -0.15) is 8.42 Å². The summed E-state index contributed by atoms with van der Waals surface area (Å²) in [6.07, 6.45) is 34.3. The van der Waals surface area contributed by atoms with Crippen LogP contribution in [0.3, 0.4) is 0 Å². The molecule has 0 N–H and O–H groups in total. The molecule has 0 saturated heterocycles. The summed E-state index contributed by atoms with van der Waals surface area (Å²) in [6.45, 7) is 8.75. The molecule has 4 bridgehead atoms. The van der Waals surface area contributed by atoms with Gasteiger partial charge in [0.05, 0.1) is 32.5 Å². The third kappa shape index (κ3) is 21.4. The monoisotopic (exact) mass is 782 g/mol. The zero-order valence-electron chi connectivity index (χ0n) is 35.3. The van der Waals surface area contributed by atoms with E-state index in [2.05, 4.69) is 18.7 Å². The molecule has 0 aromatic heterocycles. The van der Waals surface area contributed by atoms with Crippen molar-refractivity contribution in [2.75, 3.05) is 45.7 Å². The minimum absolute atomic E-state index is 0.0378. The molecule has 4 aliphatic rings. The average Bonchev–Trinajstić information content (AvgIpc) is 3.10. The molecule has 0 atom stereocenters. The van der Waals surface area contributed by atoms with E-state index in [4.69, 9.17) is 13.7 Å². The van der Waals surface area contributed by atoms with Crippen molar-refractivity contribution in [2.45, 2.75) is 200 Å². The van der Waals surface area contributed by atoms with Crippen molar-refractivity contribution >= 4 is 22.1 Å². The Morgan fingerprint density at radius 3 is 1.65 bits per heavy atom. The lowest BCUT2D eigenvalue weighted by Gasteiger charge is -2.56. The zero-order valence-corrected chi connectivity index (χ0v) is 36.1. The first-order chi connectivity index (χ1) is 26.1. The first kappa shape index (κ1) is 47.2. The van der Waals surface area contributed by atoms with Crippen LogP contribution in [0, 0.1) is 29.1 Å². The minimum Gasteiger partial charge on any atom is -0.466 e. The highest BCUT2D eigenvalue weighted by Crippen LogP contribution is 2.61. The SMILES string of the molecule is CCCCCC(CCCCC)CCOC(=O)CCCCCCCN(CCCCCCCCOC(=O)CC12CC3CC(CC(C3)C1)C2)CCCOS(C)(=O)=O. The number of rotatable bonds is 35. The average molecular weight is 782 g/mol. The van der Waals surface area contributed by atoms with Gasteiger partial charge in [0.15, 0.2) is 0 Å². The van der Waals surface area contributed by atoms with E-state index in [1.807, 2.05) is 0 Å². The highest BCUT2D eigenvalue weighted by atomic mass is 32.2. The van der Waals surface area contributed by atoms with Gasteiger partial charge < -0.3 is 14.4 Å². The molecule has 0 amide bonds. The molecular formula is C45H83NO7S. The topological polar surface area (TPSA) is 99.2 Å². The Morgan fingerprint density at radius 1 is 0.593 bits per heavy atom. The zero-order chi connectivity index (χ0) is 38.9. The Hall–Kier alpha value is -1.19. The number of ether oxygens (including phenoxy) is 2. The lowest BCUT2D eigenvalue weighted by molar-refractivity contribution is -0.152. The van der Waals surface area contributed by atoms with E-state index in [0.29, 0.717) is 38.4 Å². The Morgan fingerprint density at radius 2 is 1.09 bits per heavy atom. The van der Waals surface area contributed by atoms with Crippen LogP contribution in [0.2, 0.25) is 0 Å². The molecule has 0 unspecified atom stereocenters. The van der Waals surface area contributed by atoms with E-state index < -0.39 is 10.1 Å². The van der Waals surface area contributed by atoms with Crippen LogP contribution >= 0.6 is 0 Å². The second-order valence-electron chi connectivity index (χ2n) is 18.0.